The smallest absolute Gasteiger partial charge is 0.432 e. The normalized spacial score (nSPS) is 13.6. The molecule has 2 N–H and O–H groups in total. The molecule has 62 heavy (non-hydrogen) atoms. The van der Waals surface area contributed by atoms with Crippen molar-refractivity contribution in [3.8, 4) is 0 Å². The second kappa shape index (κ2) is 23.4. The summed E-state index contributed by atoms with van der Waals surface area (Å²) in [5.74, 6) is -2.52. The van der Waals surface area contributed by atoms with Gasteiger partial charge in [0.25, 0.3) is 5.60 Å². The molecule has 0 radical (unpaired) electrons. The Balaban J connectivity index is 1.89. The molecule has 0 bridgehead atoms. The lowest BCUT2D eigenvalue weighted by Gasteiger charge is -2.35. The first-order valence-electron chi connectivity index (χ1n) is 20.1. The highest BCUT2D eigenvalue weighted by Crippen LogP contribution is 2.43. The van der Waals surface area contributed by atoms with Gasteiger partial charge in [0.1, 0.15) is 36.6 Å². The highest BCUT2D eigenvalue weighted by atomic mass is 19.4. The third-order valence-electron chi connectivity index (χ3n) is 8.84. The second-order valence-corrected chi connectivity index (χ2v) is 16.3. The lowest BCUT2D eigenvalue weighted by Crippen LogP contribution is -2.53. The summed E-state index contributed by atoms with van der Waals surface area (Å²) < 4.78 is 77.0. The summed E-state index contributed by atoms with van der Waals surface area (Å²) in [6.45, 7) is 8.95. The lowest BCUT2D eigenvalue weighted by atomic mass is 9.92. The third kappa shape index (κ3) is 16.9. The van der Waals surface area contributed by atoms with Crippen LogP contribution >= 0.6 is 0 Å². The van der Waals surface area contributed by atoms with E-state index in [-0.39, 0.29) is 52.0 Å². The number of benzene rings is 3. The van der Waals surface area contributed by atoms with E-state index in [4.69, 9.17) is 28.4 Å². The molecule has 3 aromatic rings. The average Bonchev–Trinajstić information content (AvgIpc) is 3.19. The van der Waals surface area contributed by atoms with E-state index in [2.05, 4.69) is 10.6 Å². The molecule has 0 fully saturated rings. The maximum atomic E-state index is 14.9. The van der Waals surface area contributed by atoms with Crippen molar-refractivity contribution in [3.63, 3.8) is 0 Å². The van der Waals surface area contributed by atoms with Gasteiger partial charge >= 0.3 is 36.4 Å². The Kier molecular flexibility index (Phi) is 19.1. The molecule has 3 amide bonds. The average molecular weight is 874 g/mol. The molecule has 0 spiro atoms. The molecular formula is C45H58F3N3O11. The number of halogens is 3. The quantitative estimate of drug-likeness (QED) is 0.0636. The molecule has 14 nitrogen and oxygen atoms in total. The van der Waals surface area contributed by atoms with Crippen molar-refractivity contribution in [1.82, 2.24) is 15.5 Å². The summed E-state index contributed by atoms with van der Waals surface area (Å²) in [6.07, 6.45) is -9.17. The predicted molar refractivity (Wildman–Crippen MR) is 221 cm³/mol. The Morgan fingerprint density at radius 1 is 0.677 bits per heavy atom. The van der Waals surface area contributed by atoms with Crippen molar-refractivity contribution in [2.45, 2.75) is 116 Å². The number of esters is 2. The van der Waals surface area contributed by atoms with Gasteiger partial charge in [-0.25, -0.2) is 24.0 Å². The summed E-state index contributed by atoms with van der Waals surface area (Å²) in [5, 5.41) is 5.06. The topological polar surface area (TPSA) is 168 Å². The summed E-state index contributed by atoms with van der Waals surface area (Å²) in [6, 6.07) is 22.7. The number of amides is 3. The highest BCUT2D eigenvalue weighted by Gasteiger charge is 2.64. The molecular weight excluding hydrogens is 815 g/mol. The number of ether oxygens (including phenoxy) is 6. The number of hydrogen-bond acceptors (Lipinski definition) is 11. The fraction of sp³-hybridized carbons (Fsp3) is 0.489. The van der Waals surface area contributed by atoms with Crippen molar-refractivity contribution in [2.75, 3.05) is 26.7 Å². The van der Waals surface area contributed by atoms with Crippen molar-refractivity contribution in [1.29, 1.82) is 0 Å². The van der Waals surface area contributed by atoms with E-state index in [1.807, 2.05) is 0 Å². The molecule has 3 rings (SSSR count). The molecule has 0 aliphatic carbocycles. The molecule has 3 aromatic carbocycles. The third-order valence-corrected chi connectivity index (χ3v) is 8.84. The number of methoxy groups -OCH3 is 1. The van der Waals surface area contributed by atoms with Crippen LogP contribution in [0.4, 0.5) is 27.6 Å². The summed E-state index contributed by atoms with van der Waals surface area (Å²) >= 11 is 0. The van der Waals surface area contributed by atoms with Crippen LogP contribution in [0.15, 0.2) is 91.0 Å². The zero-order chi connectivity index (χ0) is 46.0. The zero-order valence-corrected chi connectivity index (χ0v) is 36.3. The SMILES string of the molecule is CO[C@](C(=O)O[C@H](CCNC(=O)OCc1ccccc1)CN(CCCC[C@H](NC(=O)OC(C)(C)C)C(=O)OC(C)(C)C)C(=O)OCc1ccccc1)(c1ccccc1)C(F)(F)F. The Morgan fingerprint density at radius 2 is 1.21 bits per heavy atom. The van der Waals surface area contributed by atoms with Crippen LogP contribution in [0.25, 0.3) is 0 Å². The van der Waals surface area contributed by atoms with E-state index in [1.54, 1.807) is 102 Å². The molecule has 340 valence electrons. The van der Waals surface area contributed by atoms with Crippen LogP contribution in [0, 0.1) is 0 Å². The number of rotatable bonds is 20. The number of alkyl carbamates (subject to hydrolysis) is 2. The van der Waals surface area contributed by atoms with Crippen LogP contribution in [0.2, 0.25) is 0 Å². The number of hydrogen-bond donors (Lipinski definition) is 2. The molecule has 0 unspecified atom stereocenters. The zero-order valence-electron chi connectivity index (χ0n) is 36.3. The van der Waals surface area contributed by atoms with Gasteiger partial charge < -0.3 is 44.0 Å². The molecule has 0 aliphatic heterocycles. The van der Waals surface area contributed by atoms with Crippen molar-refractivity contribution >= 4 is 30.2 Å². The first kappa shape index (κ1) is 50.5. The fourth-order valence-corrected chi connectivity index (χ4v) is 5.95. The molecule has 17 heteroatoms. The fourth-order valence-electron chi connectivity index (χ4n) is 5.95. The summed E-state index contributed by atoms with van der Waals surface area (Å²) in [7, 11) is 0.733. The van der Waals surface area contributed by atoms with Crippen LogP contribution < -0.4 is 10.6 Å². The standard InChI is InChI=1S/C45H58F3N3O11/c1-42(2,3)61-37(52)36(50-40(55)62-43(4,5)6)25-17-18-28-51(41(56)59-31-33-21-13-9-14-22-33)29-35(26-27-49-39(54)58-30-32-19-11-8-12-20-32)60-38(53)44(57-7,45(46,47)48)34-23-15-10-16-24-34/h8-16,19-24,35-36H,17-18,25-31H2,1-7H3,(H,49,54)(H,50,55)/t35-,36+,44+/m1/s1. The molecule has 0 aromatic heterocycles. The van der Waals surface area contributed by atoms with Crippen LogP contribution in [0.3, 0.4) is 0 Å². The van der Waals surface area contributed by atoms with Crippen molar-refractivity contribution in [3.05, 3.63) is 108 Å². The predicted octanol–water partition coefficient (Wildman–Crippen LogP) is 8.36. The van der Waals surface area contributed by atoms with Gasteiger partial charge in [-0.1, -0.05) is 91.0 Å². The number of nitrogens with zero attached hydrogens (tertiary/aromatic N) is 1. The van der Waals surface area contributed by atoms with Gasteiger partial charge in [-0.3, -0.25) is 0 Å². The van der Waals surface area contributed by atoms with E-state index in [0.29, 0.717) is 11.1 Å². The van der Waals surface area contributed by atoms with Gasteiger partial charge in [0.15, 0.2) is 0 Å². The monoisotopic (exact) mass is 873 g/mol. The highest BCUT2D eigenvalue weighted by molar-refractivity contribution is 5.83. The Bertz CT molecular complexity index is 1870. The first-order chi connectivity index (χ1) is 29.1. The Hall–Kier alpha value is -5.84. The van der Waals surface area contributed by atoms with Gasteiger partial charge in [0.05, 0.1) is 6.54 Å². The lowest BCUT2D eigenvalue weighted by molar-refractivity contribution is -0.278. The maximum Gasteiger partial charge on any atom is 0.432 e. The van der Waals surface area contributed by atoms with E-state index < -0.39 is 77.5 Å². The number of nitrogens with one attached hydrogen (secondary N) is 2. The van der Waals surface area contributed by atoms with E-state index in [1.165, 1.54) is 18.2 Å². The minimum absolute atomic E-state index is 0.0491. The number of alkyl halides is 3. The minimum atomic E-state index is -5.30. The van der Waals surface area contributed by atoms with Crippen LogP contribution in [-0.4, -0.2) is 91.4 Å². The number of carbonyl (C=O) groups is 5. The van der Waals surface area contributed by atoms with Crippen LogP contribution in [0.1, 0.15) is 83.9 Å². The summed E-state index contributed by atoms with van der Waals surface area (Å²) in [5.41, 5.74) is -4.47. The van der Waals surface area contributed by atoms with Crippen molar-refractivity contribution < 1.29 is 65.6 Å². The van der Waals surface area contributed by atoms with Gasteiger partial charge in [0.2, 0.25) is 0 Å². The number of unbranched alkanes of at least 4 members (excludes halogenated alkanes) is 1. The first-order valence-corrected chi connectivity index (χ1v) is 20.1. The molecule has 0 aliphatic rings. The molecule has 0 saturated carbocycles. The maximum absolute atomic E-state index is 14.9. The molecule has 3 atom stereocenters. The van der Waals surface area contributed by atoms with Crippen LogP contribution in [-0.2, 0) is 56.8 Å². The number of carbonyl (C=O) groups excluding carboxylic acids is 5. The Labute approximate surface area is 360 Å². The van der Waals surface area contributed by atoms with E-state index in [0.717, 1.165) is 24.1 Å². The van der Waals surface area contributed by atoms with Gasteiger partial charge in [-0.2, -0.15) is 13.2 Å². The van der Waals surface area contributed by atoms with Gasteiger partial charge in [0, 0.05) is 32.2 Å². The molecule has 0 heterocycles. The van der Waals surface area contributed by atoms with Gasteiger partial charge in [-0.05, 0) is 71.9 Å². The van der Waals surface area contributed by atoms with Gasteiger partial charge in [-0.15, -0.1) is 0 Å². The van der Waals surface area contributed by atoms with E-state index in [9.17, 15) is 37.1 Å². The minimum Gasteiger partial charge on any atom is -0.458 e. The van der Waals surface area contributed by atoms with Crippen molar-refractivity contribution in [2.24, 2.45) is 0 Å². The second-order valence-electron chi connectivity index (χ2n) is 16.3. The Morgan fingerprint density at radius 3 is 1.73 bits per heavy atom. The van der Waals surface area contributed by atoms with Crippen LogP contribution in [0.5, 0.6) is 0 Å². The van der Waals surface area contributed by atoms with E-state index >= 15 is 0 Å². The largest absolute Gasteiger partial charge is 0.458 e. The molecule has 0 saturated heterocycles. The summed E-state index contributed by atoms with van der Waals surface area (Å²) in [4.78, 5) is 67.2.